The number of amides is 1. The molecule has 6 nitrogen and oxygen atoms in total. The smallest absolute Gasteiger partial charge is 0.265 e. The number of nitrogens with two attached hydrogens (primary N) is 2. The summed E-state index contributed by atoms with van der Waals surface area (Å²) in [5, 5.41) is 3.11. The zero-order valence-corrected chi connectivity index (χ0v) is 8.60. The lowest BCUT2D eigenvalue weighted by Gasteiger charge is -2.07. The predicted octanol–water partition coefficient (Wildman–Crippen LogP) is -0.550. The zero-order chi connectivity index (χ0) is 11.3. The number of carbonyl (C=O) groups excluding carboxylic acids is 1. The van der Waals surface area contributed by atoms with E-state index in [0.29, 0.717) is 10.7 Å². The molecule has 0 saturated heterocycles. The predicted molar refractivity (Wildman–Crippen MR) is 61.6 cm³/mol. The number of carbonyl (C=O) groups is 1. The van der Waals surface area contributed by atoms with Crippen LogP contribution in [0.3, 0.4) is 0 Å². The van der Waals surface area contributed by atoms with Crippen LogP contribution in [0.2, 0.25) is 0 Å². The first-order chi connectivity index (χ1) is 7.17. The second-order valence-corrected chi connectivity index (χ2v) is 3.06. The van der Waals surface area contributed by atoms with E-state index in [1.807, 2.05) is 5.43 Å². The lowest BCUT2D eigenvalue weighted by atomic mass is 10.2. The maximum absolute atomic E-state index is 11.1. The summed E-state index contributed by atoms with van der Waals surface area (Å²) in [6.07, 6.45) is 0. The molecule has 0 bridgehead atoms. The maximum atomic E-state index is 11.1. The van der Waals surface area contributed by atoms with E-state index >= 15 is 0 Å². The number of anilines is 1. The van der Waals surface area contributed by atoms with Crippen molar-refractivity contribution in [3.8, 4) is 0 Å². The molecule has 0 aliphatic rings. The van der Waals surface area contributed by atoms with Gasteiger partial charge in [-0.2, -0.15) is 0 Å². The van der Waals surface area contributed by atoms with E-state index in [1.54, 1.807) is 24.3 Å². The Morgan fingerprint density at radius 1 is 1.13 bits per heavy atom. The third kappa shape index (κ3) is 3.17. The molecule has 1 rings (SSSR count). The number of rotatable bonds is 2. The van der Waals surface area contributed by atoms with E-state index in [9.17, 15) is 4.79 Å². The van der Waals surface area contributed by atoms with Gasteiger partial charge in [0.2, 0.25) is 0 Å². The molecule has 15 heavy (non-hydrogen) atoms. The molecule has 7 heteroatoms. The SMILES string of the molecule is NNC(=O)c1ccc(NC(=S)NN)cc1. The Morgan fingerprint density at radius 3 is 2.20 bits per heavy atom. The molecule has 0 radical (unpaired) electrons. The number of thiocarbonyl (C=S) groups is 1. The van der Waals surface area contributed by atoms with Crippen molar-refractivity contribution in [3.63, 3.8) is 0 Å². The Balaban J connectivity index is 2.72. The van der Waals surface area contributed by atoms with Crippen LogP contribution in [-0.4, -0.2) is 11.0 Å². The summed E-state index contributed by atoms with van der Waals surface area (Å²) in [7, 11) is 0. The van der Waals surface area contributed by atoms with Crippen LogP contribution >= 0.6 is 12.2 Å². The number of benzene rings is 1. The van der Waals surface area contributed by atoms with Gasteiger partial charge in [0.05, 0.1) is 0 Å². The van der Waals surface area contributed by atoms with E-state index in [1.165, 1.54) is 0 Å². The molecule has 0 fully saturated rings. The van der Waals surface area contributed by atoms with Gasteiger partial charge >= 0.3 is 0 Å². The van der Waals surface area contributed by atoms with Crippen LogP contribution in [0.1, 0.15) is 10.4 Å². The van der Waals surface area contributed by atoms with Gasteiger partial charge in [-0.05, 0) is 36.5 Å². The average molecular weight is 225 g/mol. The van der Waals surface area contributed by atoms with Crippen molar-refractivity contribution >= 4 is 28.9 Å². The standard InChI is InChI=1S/C8H11N5OS/c9-12-7(14)5-1-3-6(4-2-5)11-8(15)13-10/h1-4H,9-10H2,(H,12,14)(H2,11,13,15). The van der Waals surface area contributed by atoms with Crippen LogP contribution in [0.4, 0.5) is 5.69 Å². The van der Waals surface area contributed by atoms with E-state index in [2.05, 4.69) is 10.7 Å². The Labute approximate surface area is 92.0 Å². The Hall–Kier alpha value is -1.70. The quantitative estimate of drug-likeness (QED) is 0.200. The highest BCUT2D eigenvalue weighted by Crippen LogP contribution is 2.08. The van der Waals surface area contributed by atoms with Crippen LogP contribution in [0.15, 0.2) is 24.3 Å². The lowest BCUT2D eigenvalue weighted by molar-refractivity contribution is 0.0953. The van der Waals surface area contributed by atoms with Crippen molar-refractivity contribution in [1.82, 2.24) is 10.9 Å². The molecule has 1 aromatic rings. The Kier molecular flexibility index (Phi) is 3.98. The summed E-state index contributed by atoms with van der Waals surface area (Å²) in [5.74, 6) is 9.72. The summed E-state index contributed by atoms with van der Waals surface area (Å²) >= 11 is 4.80. The first-order valence-electron chi connectivity index (χ1n) is 4.06. The molecule has 0 aliphatic carbocycles. The largest absolute Gasteiger partial charge is 0.332 e. The molecule has 0 spiro atoms. The highest BCUT2D eigenvalue weighted by atomic mass is 32.1. The maximum Gasteiger partial charge on any atom is 0.265 e. The Bertz CT molecular complexity index is 364. The van der Waals surface area contributed by atoms with Gasteiger partial charge in [0.15, 0.2) is 5.11 Å². The number of nitrogen functional groups attached to an aromatic ring is 1. The topological polar surface area (TPSA) is 105 Å². The molecule has 80 valence electrons. The molecule has 0 unspecified atom stereocenters. The number of hydrogen-bond acceptors (Lipinski definition) is 4. The molecular formula is C8H11N5OS. The van der Waals surface area contributed by atoms with Crippen LogP contribution < -0.4 is 27.9 Å². The van der Waals surface area contributed by atoms with E-state index in [-0.39, 0.29) is 5.91 Å². The zero-order valence-electron chi connectivity index (χ0n) is 7.78. The van der Waals surface area contributed by atoms with E-state index in [0.717, 1.165) is 5.69 Å². The minimum atomic E-state index is -0.346. The van der Waals surface area contributed by atoms with Gasteiger partial charge in [-0.15, -0.1) is 0 Å². The van der Waals surface area contributed by atoms with Crippen LogP contribution in [0.5, 0.6) is 0 Å². The average Bonchev–Trinajstić information content (AvgIpc) is 2.29. The van der Waals surface area contributed by atoms with Crippen molar-refractivity contribution in [1.29, 1.82) is 0 Å². The monoisotopic (exact) mass is 225 g/mol. The molecule has 7 N–H and O–H groups in total. The minimum absolute atomic E-state index is 0.297. The number of hydrogen-bond donors (Lipinski definition) is 5. The van der Waals surface area contributed by atoms with Crippen molar-refractivity contribution < 1.29 is 4.79 Å². The number of nitrogens with one attached hydrogen (secondary N) is 3. The van der Waals surface area contributed by atoms with Gasteiger partial charge in [-0.25, -0.2) is 11.7 Å². The fourth-order valence-corrected chi connectivity index (χ4v) is 1.07. The molecule has 0 aliphatic heterocycles. The van der Waals surface area contributed by atoms with Crippen LogP contribution in [0.25, 0.3) is 0 Å². The minimum Gasteiger partial charge on any atom is -0.332 e. The molecule has 1 amide bonds. The summed E-state index contributed by atoms with van der Waals surface area (Å²) in [4.78, 5) is 11.1. The van der Waals surface area contributed by atoms with Gasteiger partial charge < -0.3 is 10.7 Å². The molecule has 0 atom stereocenters. The molecule has 0 saturated carbocycles. The van der Waals surface area contributed by atoms with Gasteiger partial charge in [-0.1, -0.05) is 0 Å². The van der Waals surface area contributed by atoms with Gasteiger partial charge in [0.1, 0.15) is 0 Å². The lowest BCUT2D eigenvalue weighted by Crippen LogP contribution is -2.34. The van der Waals surface area contributed by atoms with Crippen molar-refractivity contribution in [2.75, 3.05) is 5.32 Å². The van der Waals surface area contributed by atoms with Gasteiger partial charge in [0, 0.05) is 11.3 Å². The second kappa shape index (κ2) is 5.25. The highest BCUT2D eigenvalue weighted by molar-refractivity contribution is 7.80. The van der Waals surface area contributed by atoms with Gasteiger partial charge in [0.25, 0.3) is 5.91 Å². The third-order valence-electron chi connectivity index (χ3n) is 1.67. The first-order valence-corrected chi connectivity index (χ1v) is 4.47. The van der Waals surface area contributed by atoms with Crippen LogP contribution in [0, 0.1) is 0 Å². The highest BCUT2D eigenvalue weighted by Gasteiger charge is 2.02. The summed E-state index contributed by atoms with van der Waals surface area (Å²) in [6.45, 7) is 0. The molecular weight excluding hydrogens is 214 g/mol. The van der Waals surface area contributed by atoms with E-state index < -0.39 is 0 Å². The van der Waals surface area contributed by atoms with Crippen molar-refractivity contribution in [2.24, 2.45) is 11.7 Å². The van der Waals surface area contributed by atoms with Crippen molar-refractivity contribution in [3.05, 3.63) is 29.8 Å². The normalized spacial score (nSPS) is 9.20. The van der Waals surface area contributed by atoms with Gasteiger partial charge in [-0.3, -0.25) is 10.2 Å². The molecule has 0 heterocycles. The third-order valence-corrected chi connectivity index (χ3v) is 1.89. The fraction of sp³-hybridized carbons (Fsp3) is 0. The molecule has 0 aromatic heterocycles. The Morgan fingerprint density at radius 2 is 1.73 bits per heavy atom. The number of hydrazine groups is 2. The van der Waals surface area contributed by atoms with E-state index in [4.69, 9.17) is 23.9 Å². The first kappa shape index (κ1) is 11.4. The summed E-state index contributed by atoms with van der Waals surface area (Å²) in [6, 6.07) is 6.61. The fourth-order valence-electron chi connectivity index (χ4n) is 0.955. The molecule has 1 aromatic carbocycles. The van der Waals surface area contributed by atoms with Crippen LogP contribution in [-0.2, 0) is 0 Å². The van der Waals surface area contributed by atoms with Crippen molar-refractivity contribution in [2.45, 2.75) is 0 Å². The summed E-state index contributed by atoms with van der Waals surface area (Å²) < 4.78 is 0. The summed E-state index contributed by atoms with van der Waals surface area (Å²) in [5.41, 5.74) is 5.51. The second-order valence-electron chi connectivity index (χ2n) is 2.65.